The molecule has 1 saturated heterocycles. The summed E-state index contributed by atoms with van der Waals surface area (Å²) in [5.41, 5.74) is 1.02. The van der Waals surface area contributed by atoms with Gasteiger partial charge in [-0.05, 0) is 12.0 Å². The maximum atomic E-state index is 12.2. The Morgan fingerprint density at radius 2 is 1.96 bits per heavy atom. The van der Waals surface area contributed by atoms with Gasteiger partial charge in [0.25, 0.3) is 0 Å². The van der Waals surface area contributed by atoms with E-state index in [2.05, 4.69) is 0 Å². The van der Waals surface area contributed by atoms with Crippen LogP contribution in [0, 0.1) is 5.92 Å². The van der Waals surface area contributed by atoms with E-state index in [4.69, 9.17) is 5.11 Å². The average Bonchev–Trinajstić information content (AvgIpc) is 3.02. The number of rotatable bonds is 6. The van der Waals surface area contributed by atoms with Gasteiger partial charge in [0, 0.05) is 39.5 Å². The summed E-state index contributed by atoms with van der Waals surface area (Å²) in [5.74, 6) is -1.48. The summed E-state index contributed by atoms with van der Waals surface area (Å²) in [7, 11) is 0. The fourth-order valence-electron chi connectivity index (χ4n) is 2.73. The number of hydrogen-bond donors (Lipinski definition) is 1. The summed E-state index contributed by atoms with van der Waals surface area (Å²) >= 11 is 0. The Kier molecular flexibility index (Phi) is 5.73. The smallest absolute Gasteiger partial charge is 0.308 e. The lowest BCUT2D eigenvalue weighted by Gasteiger charge is -2.23. The van der Waals surface area contributed by atoms with Crippen molar-refractivity contribution in [3.63, 3.8) is 0 Å². The molecule has 1 fully saturated rings. The van der Waals surface area contributed by atoms with Crippen molar-refractivity contribution in [2.45, 2.75) is 26.3 Å². The lowest BCUT2D eigenvalue weighted by Crippen LogP contribution is -2.35. The van der Waals surface area contributed by atoms with Crippen molar-refractivity contribution in [3.05, 3.63) is 35.9 Å². The van der Waals surface area contributed by atoms with Crippen molar-refractivity contribution in [1.29, 1.82) is 0 Å². The summed E-state index contributed by atoms with van der Waals surface area (Å²) in [6, 6.07) is 9.62. The van der Waals surface area contributed by atoms with Crippen molar-refractivity contribution >= 4 is 17.8 Å². The largest absolute Gasteiger partial charge is 0.481 e. The van der Waals surface area contributed by atoms with Crippen LogP contribution in [0.25, 0.3) is 0 Å². The first-order valence-electron chi connectivity index (χ1n) is 7.77. The molecule has 124 valence electrons. The zero-order chi connectivity index (χ0) is 16.8. The Bertz CT molecular complexity index is 573. The standard InChI is InChI=1S/C17H22N2O4/c1-13(20)18(11-14-5-3-2-4-6-14)10-8-16(21)19-9-7-15(12-19)17(22)23/h2-6,15H,7-12H2,1H3,(H,22,23)/t15-/m0/s1. The number of likely N-dealkylation sites (tertiary alicyclic amines) is 1. The minimum atomic E-state index is -0.852. The molecule has 0 bridgehead atoms. The molecule has 0 unspecified atom stereocenters. The first-order valence-corrected chi connectivity index (χ1v) is 7.77. The molecule has 1 N–H and O–H groups in total. The highest BCUT2D eigenvalue weighted by Crippen LogP contribution is 2.17. The Labute approximate surface area is 135 Å². The van der Waals surface area contributed by atoms with E-state index in [1.165, 1.54) is 6.92 Å². The van der Waals surface area contributed by atoms with E-state index in [-0.39, 0.29) is 24.8 Å². The van der Waals surface area contributed by atoms with Gasteiger partial charge in [-0.1, -0.05) is 30.3 Å². The van der Waals surface area contributed by atoms with Crippen molar-refractivity contribution in [2.75, 3.05) is 19.6 Å². The van der Waals surface area contributed by atoms with Gasteiger partial charge in [-0.3, -0.25) is 14.4 Å². The molecule has 6 nitrogen and oxygen atoms in total. The van der Waals surface area contributed by atoms with Gasteiger partial charge in [-0.25, -0.2) is 0 Å². The molecule has 0 aromatic heterocycles. The lowest BCUT2D eigenvalue weighted by molar-refractivity contribution is -0.141. The second-order valence-electron chi connectivity index (χ2n) is 5.84. The number of nitrogens with zero attached hydrogens (tertiary/aromatic N) is 2. The van der Waals surface area contributed by atoms with Crippen LogP contribution >= 0.6 is 0 Å². The minimum Gasteiger partial charge on any atom is -0.481 e. The molecule has 1 atom stereocenters. The first-order chi connectivity index (χ1) is 11.0. The molecular weight excluding hydrogens is 296 g/mol. The Morgan fingerprint density at radius 3 is 2.52 bits per heavy atom. The number of aliphatic carboxylic acids is 1. The number of carboxylic acids is 1. The second-order valence-corrected chi connectivity index (χ2v) is 5.84. The molecule has 2 rings (SSSR count). The number of amides is 2. The van der Waals surface area contributed by atoms with Gasteiger partial charge >= 0.3 is 5.97 Å². The van der Waals surface area contributed by atoms with E-state index in [1.807, 2.05) is 30.3 Å². The first kappa shape index (κ1) is 17.0. The van der Waals surface area contributed by atoms with Gasteiger partial charge in [0.05, 0.1) is 5.92 Å². The van der Waals surface area contributed by atoms with Crippen LogP contribution < -0.4 is 0 Å². The molecule has 1 aromatic carbocycles. The Hall–Kier alpha value is -2.37. The zero-order valence-electron chi connectivity index (χ0n) is 13.3. The average molecular weight is 318 g/mol. The molecule has 2 amide bonds. The number of benzene rings is 1. The molecule has 0 spiro atoms. The quantitative estimate of drug-likeness (QED) is 0.859. The number of hydrogen-bond acceptors (Lipinski definition) is 3. The Balaban J connectivity index is 1.85. The van der Waals surface area contributed by atoms with Gasteiger partial charge in [-0.2, -0.15) is 0 Å². The number of carbonyl (C=O) groups is 3. The van der Waals surface area contributed by atoms with Crippen LogP contribution in [0.5, 0.6) is 0 Å². The summed E-state index contributed by atoms with van der Waals surface area (Å²) in [4.78, 5) is 38.1. The molecule has 6 heteroatoms. The molecule has 0 aliphatic carbocycles. The van der Waals surface area contributed by atoms with Gasteiger partial charge in [0.15, 0.2) is 0 Å². The predicted molar refractivity (Wildman–Crippen MR) is 84.5 cm³/mol. The van der Waals surface area contributed by atoms with Gasteiger partial charge in [0.1, 0.15) is 0 Å². The van der Waals surface area contributed by atoms with E-state index >= 15 is 0 Å². The zero-order valence-corrected chi connectivity index (χ0v) is 13.3. The normalized spacial score (nSPS) is 17.1. The van der Waals surface area contributed by atoms with E-state index in [1.54, 1.807) is 9.80 Å². The molecule has 1 aliphatic rings. The van der Waals surface area contributed by atoms with Crippen LogP contribution in [-0.4, -0.2) is 52.3 Å². The predicted octanol–water partition coefficient (Wildman–Crippen LogP) is 1.36. The van der Waals surface area contributed by atoms with Crippen LogP contribution in [0.15, 0.2) is 30.3 Å². The SMILES string of the molecule is CC(=O)N(CCC(=O)N1CC[C@H](C(=O)O)C1)Cc1ccccc1. The number of carbonyl (C=O) groups excluding carboxylic acids is 2. The summed E-state index contributed by atoms with van der Waals surface area (Å²) in [6.45, 7) is 3.06. The highest BCUT2D eigenvalue weighted by Gasteiger charge is 2.30. The van der Waals surface area contributed by atoms with E-state index in [0.29, 0.717) is 26.1 Å². The minimum absolute atomic E-state index is 0.0773. The van der Waals surface area contributed by atoms with Crippen molar-refractivity contribution < 1.29 is 19.5 Å². The fourth-order valence-corrected chi connectivity index (χ4v) is 2.73. The third-order valence-corrected chi connectivity index (χ3v) is 4.15. The van der Waals surface area contributed by atoms with Crippen LogP contribution in [0.1, 0.15) is 25.3 Å². The van der Waals surface area contributed by atoms with E-state index in [0.717, 1.165) is 5.56 Å². The fraction of sp³-hybridized carbons (Fsp3) is 0.471. The van der Waals surface area contributed by atoms with Crippen molar-refractivity contribution in [1.82, 2.24) is 9.80 Å². The molecule has 1 aromatic rings. The third kappa shape index (κ3) is 4.81. The lowest BCUT2D eigenvalue weighted by atomic mass is 10.1. The monoisotopic (exact) mass is 318 g/mol. The Morgan fingerprint density at radius 1 is 1.26 bits per heavy atom. The van der Waals surface area contributed by atoms with Crippen molar-refractivity contribution in [2.24, 2.45) is 5.92 Å². The van der Waals surface area contributed by atoms with E-state index in [9.17, 15) is 14.4 Å². The van der Waals surface area contributed by atoms with Crippen LogP contribution in [0.3, 0.4) is 0 Å². The van der Waals surface area contributed by atoms with Crippen LogP contribution in [0.4, 0.5) is 0 Å². The molecule has 23 heavy (non-hydrogen) atoms. The highest BCUT2D eigenvalue weighted by atomic mass is 16.4. The van der Waals surface area contributed by atoms with Gasteiger partial charge < -0.3 is 14.9 Å². The summed E-state index contributed by atoms with van der Waals surface area (Å²) in [6.07, 6.45) is 0.722. The summed E-state index contributed by atoms with van der Waals surface area (Å²) in [5, 5.41) is 8.98. The molecule has 1 aliphatic heterocycles. The molecule has 1 heterocycles. The van der Waals surface area contributed by atoms with Gasteiger partial charge in [0.2, 0.25) is 11.8 Å². The van der Waals surface area contributed by atoms with Gasteiger partial charge in [-0.15, -0.1) is 0 Å². The topological polar surface area (TPSA) is 77.9 Å². The number of carboxylic acid groups (broad SMARTS) is 1. The molecule has 0 saturated carbocycles. The second kappa shape index (κ2) is 7.76. The van der Waals surface area contributed by atoms with E-state index < -0.39 is 11.9 Å². The van der Waals surface area contributed by atoms with Crippen molar-refractivity contribution in [3.8, 4) is 0 Å². The maximum Gasteiger partial charge on any atom is 0.308 e. The van der Waals surface area contributed by atoms with Crippen LogP contribution in [0.2, 0.25) is 0 Å². The molecule has 0 radical (unpaired) electrons. The third-order valence-electron chi connectivity index (χ3n) is 4.15. The highest BCUT2D eigenvalue weighted by molar-refractivity contribution is 5.80. The maximum absolute atomic E-state index is 12.2. The molecular formula is C17H22N2O4. The van der Waals surface area contributed by atoms with Crippen LogP contribution in [-0.2, 0) is 20.9 Å². The summed E-state index contributed by atoms with van der Waals surface area (Å²) < 4.78 is 0.